The van der Waals surface area contributed by atoms with Gasteiger partial charge in [0.1, 0.15) is 10.7 Å². The zero-order valence-corrected chi connectivity index (χ0v) is 11.7. The maximum absolute atomic E-state index is 13.0. The molecule has 2 rings (SSSR count). The highest BCUT2D eigenvalue weighted by Crippen LogP contribution is 2.21. The smallest absolute Gasteiger partial charge is 0.348 e. The Morgan fingerprint density at radius 1 is 1.20 bits per heavy atom. The Hall–Kier alpha value is -2.21. The van der Waals surface area contributed by atoms with Crippen molar-refractivity contribution in [2.24, 2.45) is 0 Å². The van der Waals surface area contributed by atoms with Gasteiger partial charge in [-0.25, -0.2) is 9.18 Å². The molecule has 4 nitrogen and oxygen atoms in total. The molecule has 0 aliphatic carbocycles. The van der Waals surface area contributed by atoms with E-state index in [1.807, 2.05) is 0 Å². The van der Waals surface area contributed by atoms with Crippen LogP contribution in [0.3, 0.4) is 0 Å². The normalized spacial score (nSPS) is 10.2. The van der Waals surface area contributed by atoms with Crippen molar-refractivity contribution in [3.63, 3.8) is 0 Å². The second-order valence-corrected chi connectivity index (χ2v) is 5.15. The van der Waals surface area contributed by atoms with Crippen molar-refractivity contribution in [3.8, 4) is 0 Å². The minimum atomic E-state index is -0.480. The van der Waals surface area contributed by atoms with E-state index in [-0.39, 0.29) is 11.7 Å². The fraction of sp³-hybridized carbons (Fsp3) is 0.143. The largest absolute Gasteiger partial charge is 0.465 e. The highest BCUT2D eigenvalue weighted by Gasteiger charge is 2.14. The molecule has 0 fully saturated rings. The summed E-state index contributed by atoms with van der Waals surface area (Å²) in [5, 5.41) is 2.68. The fourth-order valence-corrected chi connectivity index (χ4v) is 2.44. The Kier molecular flexibility index (Phi) is 4.14. The first-order valence-electron chi connectivity index (χ1n) is 5.77. The molecule has 1 aromatic heterocycles. The number of hydrogen-bond acceptors (Lipinski definition) is 4. The van der Waals surface area contributed by atoms with Crippen LogP contribution in [0.2, 0.25) is 0 Å². The van der Waals surface area contributed by atoms with Crippen LogP contribution in [0, 0.1) is 12.7 Å². The number of methoxy groups -OCH3 is 1. The number of anilines is 1. The number of esters is 1. The first kappa shape index (κ1) is 14.2. The fourth-order valence-electron chi connectivity index (χ4n) is 1.62. The van der Waals surface area contributed by atoms with Gasteiger partial charge in [-0.1, -0.05) is 0 Å². The van der Waals surface area contributed by atoms with Crippen LogP contribution in [0.1, 0.15) is 24.9 Å². The molecule has 0 radical (unpaired) electrons. The van der Waals surface area contributed by atoms with Crippen molar-refractivity contribution >= 4 is 28.9 Å². The Labute approximate surface area is 119 Å². The molecule has 0 saturated carbocycles. The van der Waals surface area contributed by atoms with E-state index in [0.29, 0.717) is 21.0 Å². The van der Waals surface area contributed by atoms with Crippen LogP contribution in [-0.4, -0.2) is 19.0 Å². The number of rotatable bonds is 3. The Morgan fingerprint density at radius 3 is 2.55 bits per heavy atom. The monoisotopic (exact) mass is 293 g/mol. The van der Waals surface area contributed by atoms with E-state index in [1.54, 1.807) is 13.0 Å². The number of benzene rings is 1. The topological polar surface area (TPSA) is 55.4 Å². The molecule has 104 valence electrons. The van der Waals surface area contributed by atoms with Gasteiger partial charge in [0.25, 0.3) is 5.91 Å². The van der Waals surface area contributed by atoms with Crippen molar-refractivity contribution < 1.29 is 18.7 Å². The molecular weight excluding hydrogens is 281 g/mol. The Bertz CT molecular complexity index is 666. The summed E-state index contributed by atoms with van der Waals surface area (Å²) in [5.74, 6) is -1.18. The van der Waals surface area contributed by atoms with Gasteiger partial charge in [0.15, 0.2) is 0 Å². The van der Waals surface area contributed by atoms with Crippen LogP contribution in [0.25, 0.3) is 0 Å². The van der Waals surface area contributed by atoms with Crippen LogP contribution < -0.4 is 5.32 Å². The van der Waals surface area contributed by atoms with Gasteiger partial charge in [0, 0.05) is 5.69 Å². The average molecular weight is 293 g/mol. The zero-order chi connectivity index (χ0) is 14.7. The molecule has 1 amide bonds. The highest BCUT2D eigenvalue weighted by molar-refractivity contribution is 7.16. The predicted molar refractivity (Wildman–Crippen MR) is 74.7 cm³/mol. The van der Waals surface area contributed by atoms with Crippen LogP contribution in [0.5, 0.6) is 0 Å². The molecule has 0 spiro atoms. The van der Waals surface area contributed by atoms with Gasteiger partial charge >= 0.3 is 5.97 Å². The molecule has 1 aromatic carbocycles. The van der Waals surface area contributed by atoms with E-state index in [9.17, 15) is 14.0 Å². The van der Waals surface area contributed by atoms with Crippen LogP contribution in [0.15, 0.2) is 30.3 Å². The quantitative estimate of drug-likeness (QED) is 0.884. The maximum atomic E-state index is 13.0. The third kappa shape index (κ3) is 3.03. The lowest BCUT2D eigenvalue weighted by atomic mass is 10.2. The van der Waals surface area contributed by atoms with E-state index in [1.165, 1.54) is 31.4 Å². The SMILES string of the molecule is COC(=O)c1ccc(C(=O)Nc2ccc(F)cc2C)s1. The second kappa shape index (κ2) is 5.83. The highest BCUT2D eigenvalue weighted by atomic mass is 32.1. The first-order valence-corrected chi connectivity index (χ1v) is 6.58. The van der Waals surface area contributed by atoms with Gasteiger partial charge in [0.05, 0.1) is 12.0 Å². The lowest BCUT2D eigenvalue weighted by Gasteiger charge is -2.07. The molecule has 6 heteroatoms. The van der Waals surface area contributed by atoms with E-state index in [0.717, 1.165) is 11.3 Å². The summed E-state index contributed by atoms with van der Waals surface area (Å²) in [6.45, 7) is 1.70. The van der Waals surface area contributed by atoms with Crippen molar-refractivity contribution in [2.75, 3.05) is 12.4 Å². The summed E-state index contributed by atoms with van der Waals surface area (Å²) in [6.07, 6.45) is 0. The average Bonchev–Trinajstić information content (AvgIpc) is 2.90. The molecule has 0 saturated heterocycles. The number of carbonyl (C=O) groups excluding carboxylic acids is 2. The third-order valence-electron chi connectivity index (χ3n) is 2.65. The molecule has 1 heterocycles. The number of ether oxygens (including phenoxy) is 1. The molecule has 0 aliphatic rings. The summed E-state index contributed by atoms with van der Waals surface area (Å²) < 4.78 is 17.6. The van der Waals surface area contributed by atoms with Crippen molar-refractivity contribution in [2.45, 2.75) is 6.92 Å². The summed E-state index contributed by atoms with van der Waals surface area (Å²) in [5.41, 5.74) is 1.16. The molecule has 0 bridgehead atoms. The lowest BCUT2D eigenvalue weighted by molar-refractivity contribution is 0.0606. The van der Waals surface area contributed by atoms with E-state index in [4.69, 9.17) is 0 Å². The van der Waals surface area contributed by atoms with Gasteiger partial charge in [-0.15, -0.1) is 11.3 Å². The second-order valence-electron chi connectivity index (χ2n) is 4.07. The van der Waals surface area contributed by atoms with Crippen molar-refractivity contribution in [1.29, 1.82) is 0 Å². The zero-order valence-electron chi connectivity index (χ0n) is 10.9. The van der Waals surface area contributed by atoms with Crippen LogP contribution in [-0.2, 0) is 4.74 Å². The summed E-state index contributed by atoms with van der Waals surface area (Å²) >= 11 is 1.04. The van der Waals surface area contributed by atoms with Gasteiger partial charge < -0.3 is 10.1 Å². The molecule has 0 unspecified atom stereocenters. The molecule has 0 aliphatic heterocycles. The van der Waals surface area contributed by atoms with Gasteiger partial charge in [-0.2, -0.15) is 0 Å². The van der Waals surface area contributed by atoms with E-state index >= 15 is 0 Å². The number of halogens is 1. The number of aryl methyl sites for hydroxylation is 1. The van der Waals surface area contributed by atoms with E-state index < -0.39 is 5.97 Å². The summed E-state index contributed by atoms with van der Waals surface area (Å²) in [6, 6.07) is 7.19. The lowest BCUT2D eigenvalue weighted by Crippen LogP contribution is -2.11. The van der Waals surface area contributed by atoms with E-state index in [2.05, 4.69) is 10.1 Å². The molecule has 20 heavy (non-hydrogen) atoms. The molecule has 1 N–H and O–H groups in total. The third-order valence-corrected chi connectivity index (χ3v) is 3.72. The van der Waals surface area contributed by atoms with Crippen LogP contribution in [0.4, 0.5) is 10.1 Å². The number of amides is 1. The van der Waals surface area contributed by atoms with Crippen molar-refractivity contribution in [3.05, 3.63) is 51.5 Å². The first-order chi connectivity index (χ1) is 9.51. The van der Waals surface area contributed by atoms with Crippen LogP contribution >= 0.6 is 11.3 Å². The van der Waals surface area contributed by atoms with Gasteiger partial charge in [0.2, 0.25) is 0 Å². The van der Waals surface area contributed by atoms with Gasteiger partial charge in [-0.05, 0) is 42.8 Å². The number of nitrogens with one attached hydrogen (secondary N) is 1. The maximum Gasteiger partial charge on any atom is 0.348 e. The standard InChI is InChI=1S/C14H12FNO3S/c1-8-7-9(15)3-4-10(8)16-13(17)11-5-6-12(20-11)14(18)19-2/h3-7H,1-2H3,(H,16,17). The number of hydrogen-bond donors (Lipinski definition) is 1. The predicted octanol–water partition coefficient (Wildman–Crippen LogP) is 3.23. The molecule has 0 atom stereocenters. The Morgan fingerprint density at radius 2 is 1.90 bits per heavy atom. The number of carbonyl (C=O) groups is 2. The molecular formula is C14H12FNO3S. The minimum absolute atomic E-state index is 0.347. The number of thiophene rings is 1. The van der Waals surface area contributed by atoms with Gasteiger partial charge in [-0.3, -0.25) is 4.79 Å². The molecule has 2 aromatic rings. The summed E-state index contributed by atoms with van der Waals surface area (Å²) in [7, 11) is 1.28. The Balaban J connectivity index is 2.16. The van der Waals surface area contributed by atoms with Crippen molar-refractivity contribution in [1.82, 2.24) is 0 Å². The summed E-state index contributed by atoms with van der Waals surface area (Å²) in [4.78, 5) is 24.1. The minimum Gasteiger partial charge on any atom is -0.465 e.